The van der Waals surface area contributed by atoms with Gasteiger partial charge >= 0.3 is 0 Å². The number of nitrogens with two attached hydrogens (primary N) is 1. The van der Waals surface area contributed by atoms with Crippen LogP contribution in [0.1, 0.15) is 27.4 Å². The average Bonchev–Trinajstić information content (AvgIpc) is 3.14. The minimum atomic E-state index is 0.0883. The molecule has 1 amide bonds. The van der Waals surface area contributed by atoms with Crippen LogP contribution in [0.15, 0.2) is 12.1 Å². The number of thiophene rings is 1. The van der Waals surface area contributed by atoms with E-state index in [4.69, 9.17) is 10.5 Å². The van der Waals surface area contributed by atoms with Gasteiger partial charge in [0.15, 0.2) is 0 Å². The number of hydrogen-bond acceptors (Lipinski definition) is 4. The fourth-order valence-electron chi connectivity index (χ4n) is 1.83. The van der Waals surface area contributed by atoms with E-state index in [0.29, 0.717) is 25.7 Å². The Morgan fingerprint density at radius 2 is 2.37 bits per heavy atom. The first-order valence-electron chi connectivity index (χ1n) is 6.35. The summed E-state index contributed by atoms with van der Waals surface area (Å²) in [4.78, 5) is 16.0. The number of hydrogen-bond donors (Lipinski definition) is 1. The third-order valence-corrected chi connectivity index (χ3v) is 3.90. The number of nitrogens with zero attached hydrogens (tertiary/aromatic N) is 1. The second kappa shape index (κ2) is 6.71. The standard InChI is InChI=1S/C14H18N2O2S/c1-18-10-9-16(11-4-5-11)14(17)13-7-6-12(19-13)3-2-8-15/h6-7,11H,4-5,8-10,15H2,1H3. The lowest BCUT2D eigenvalue weighted by atomic mass is 10.3. The first-order valence-corrected chi connectivity index (χ1v) is 7.16. The Labute approximate surface area is 117 Å². The maximum absolute atomic E-state index is 12.4. The van der Waals surface area contributed by atoms with Crippen molar-refractivity contribution in [2.75, 3.05) is 26.8 Å². The van der Waals surface area contributed by atoms with E-state index in [-0.39, 0.29) is 5.91 Å². The van der Waals surface area contributed by atoms with Crippen molar-refractivity contribution < 1.29 is 9.53 Å². The normalized spacial score (nSPS) is 13.8. The summed E-state index contributed by atoms with van der Waals surface area (Å²) in [5, 5.41) is 0. The molecule has 1 aliphatic rings. The Kier molecular flexibility index (Phi) is 4.97. The molecular weight excluding hydrogens is 260 g/mol. The van der Waals surface area contributed by atoms with Gasteiger partial charge in [0, 0.05) is 19.7 Å². The van der Waals surface area contributed by atoms with Crippen molar-refractivity contribution in [1.82, 2.24) is 4.90 Å². The maximum atomic E-state index is 12.4. The van der Waals surface area contributed by atoms with Crippen LogP contribution >= 0.6 is 11.3 Å². The molecule has 0 spiro atoms. The summed E-state index contributed by atoms with van der Waals surface area (Å²) in [6, 6.07) is 4.11. The Hall–Kier alpha value is -1.35. The number of amides is 1. The van der Waals surface area contributed by atoms with E-state index in [1.165, 1.54) is 11.3 Å². The van der Waals surface area contributed by atoms with Gasteiger partial charge in [-0.1, -0.05) is 11.8 Å². The third-order valence-electron chi connectivity index (χ3n) is 2.92. The van der Waals surface area contributed by atoms with Gasteiger partial charge in [-0.3, -0.25) is 4.79 Å². The summed E-state index contributed by atoms with van der Waals surface area (Å²) in [7, 11) is 1.65. The van der Waals surface area contributed by atoms with Crippen molar-refractivity contribution in [2.24, 2.45) is 5.73 Å². The molecule has 1 aliphatic carbocycles. The highest BCUT2D eigenvalue weighted by Crippen LogP contribution is 2.29. The fraction of sp³-hybridized carbons (Fsp3) is 0.500. The van der Waals surface area contributed by atoms with E-state index >= 15 is 0 Å². The molecule has 0 aromatic carbocycles. The SMILES string of the molecule is COCCN(C(=O)c1ccc(C#CCN)s1)C1CC1. The molecule has 102 valence electrons. The molecule has 0 bridgehead atoms. The molecule has 19 heavy (non-hydrogen) atoms. The Morgan fingerprint density at radius 3 is 3.00 bits per heavy atom. The second-order valence-corrected chi connectivity index (χ2v) is 5.48. The van der Waals surface area contributed by atoms with Crippen molar-refractivity contribution in [3.05, 3.63) is 21.9 Å². The van der Waals surface area contributed by atoms with Crippen LogP contribution in [0.25, 0.3) is 0 Å². The summed E-state index contributed by atoms with van der Waals surface area (Å²) >= 11 is 1.43. The lowest BCUT2D eigenvalue weighted by molar-refractivity contribution is 0.0685. The molecule has 4 nitrogen and oxygen atoms in total. The van der Waals surface area contributed by atoms with Gasteiger partial charge in [-0.05, 0) is 25.0 Å². The van der Waals surface area contributed by atoms with Crippen LogP contribution in [0.4, 0.5) is 0 Å². The van der Waals surface area contributed by atoms with Crippen molar-refractivity contribution in [3.8, 4) is 11.8 Å². The molecule has 0 saturated heterocycles. The Morgan fingerprint density at radius 1 is 1.58 bits per heavy atom. The fourth-order valence-corrected chi connectivity index (χ4v) is 2.66. The molecule has 2 N–H and O–H groups in total. The monoisotopic (exact) mass is 278 g/mol. The van der Waals surface area contributed by atoms with Crippen LogP contribution in [0, 0.1) is 11.8 Å². The average molecular weight is 278 g/mol. The summed E-state index contributed by atoms with van der Waals surface area (Å²) in [6.45, 7) is 1.57. The van der Waals surface area contributed by atoms with Gasteiger partial charge in [-0.15, -0.1) is 11.3 Å². The van der Waals surface area contributed by atoms with Crippen LogP contribution in [-0.2, 0) is 4.74 Å². The van der Waals surface area contributed by atoms with Gasteiger partial charge in [0.05, 0.1) is 22.9 Å². The smallest absolute Gasteiger partial charge is 0.264 e. The number of rotatable bonds is 5. The molecule has 1 saturated carbocycles. The zero-order valence-corrected chi connectivity index (χ0v) is 11.8. The predicted octanol–water partition coefficient (Wildman–Crippen LogP) is 1.31. The lowest BCUT2D eigenvalue weighted by Gasteiger charge is -2.21. The van der Waals surface area contributed by atoms with Gasteiger partial charge < -0.3 is 15.4 Å². The van der Waals surface area contributed by atoms with E-state index in [1.807, 2.05) is 17.0 Å². The molecule has 2 rings (SSSR count). The Balaban J connectivity index is 2.06. The van der Waals surface area contributed by atoms with Crippen molar-refractivity contribution in [1.29, 1.82) is 0 Å². The number of methoxy groups -OCH3 is 1. The number of ether oxygens (including phenoxy) is 1. The van der Waals surface area contributed by atoms with Crippen molar-refractivity contribution in [2.45, 2.75) is 18.9 Å². The summed E-state index contributed by atoms with van der Waals surface area (Å²) in [6.07, 6.45) is 2.20. The number of carbonyl (C=O) groups is 1. The molecule has 0 unspecified atom stereocenters. The van der Waals surface area contributed by atoms with Crippen LogP contribution < -0.4 is 5.73 Å². The lowest BCUT2D eigenvalue weighted by Crippen LogP contribution is -2.35. The molecule has 0 atom stereocenters. The van der Waals surface area contributed by atoms with E-state index in [1.54, 1.807) is 7.11 Å². The minimum absolute atomic E-state index is 0.0883. The zero-order valence-electron chi connectivity index (χ0n) is 11.0. The molecule has 1 aromatic rings. The number of carbonyl (C=O) groups excluding carboxylic acids is 1. The topological polar surface area (TPSA) is 55.6 Å². The third kappa shape index (κ3) is 3.80. The van der Waals surface area contributed by atoms with Crippen molar-refractivity contribution in [3.63, 3.8) is 0 Å². The predicted molar refractivity (Wildman–Crippen MR) is 76.2 cm³/mol. The molecule has 0 radical (unpaired) electrons. The van der Waals surface area contributed by atoms with Gasteiger partial charge in [-0.25, -0.2) is 0 Å². The minimum Gasteiger partial charge on any atom is -0.383 e. The Bertz CT molecular complexity index is 497. The van der Waals surface area contributed by atoms with Crippen LogP contribution in [-0.4, -0.2) is 43.7 Å². The highest BCUT2D eigenvalue weighted by Gasteiger charge is 2.33. The first kappa shape index (κ1) is 14.1. The molecular formula is C14H18N2O2S. The van der Waals surface area contributed by atoms with Crippen LogP contribution in [0.3, 0.4) is 0 Å². The van der Waals surface area contributed by atoms with Crippen molar-refractivity contribution >= 4 is 17.2 Å². The van der Waals surface area contributed by atoms with Crippen LogP contribution in [0.2, 0.25) is 0 Å². The van der Waals surface area contributed by atoms with Gasteiger partial charge in [0.2, 0.25) is 0 Å². The first-order chi connectivity index (χ1) is 9.26. The molecule has 1 aromatic heterocycles. The van der Waals surface area contributed by atoms with Gasteiger partial charge in [0.1, 0.15) is 0 Å². The quantitative estimate of drug-likeness (QED) is 0.826. The highest BCUT2D eigenvalue weighted by molar-refractivity contribution is 7.14. The van der Waals surface area contributed by atoms with Gasteiger partial charge in [0.25, 0.3) is 5.91 Å². The maximum Gasteiger partial charge on any atom is 0.264 e. The van der Waals surface area contributed by atoms with E-state index in [9.17, 15) is 4.79 Å². The summed E-state index contributed by atoms with van der Waals surface area (Å²) in [5.74, 6) is 5.84. The van der Waals surface area contributed by atoms with E-state index in [2.05, 4.69) is 11.8 Å². The largest absolute Gasteiger partial charge is 0.383 e. The van der Waals surface area contributed by atoms with Gasteiger partial charge in [-0.2, -0.15) is 0 Å². The molecule has 5 heteroatoms. The summed E-state index contributed by atoms with van der Waals surface area (Å²) < 4.78 is 5.07. The molecule has 1 fully saturated rings. The molecule has 0 aliphatic heterocycles. The second-order valence-electron chi connectivity index (χ2n) is 4.39. The highest BCUT2D eigenvalue weighted by atomic mass is 32.1. The van der Waals surface area contributed by atoms with E-state index < -0.39 is 0 Å². The van der Waals surface area contributed by atoms with Crippen LogP contribution in [0.5, 0.6) is 0 Å². The zero-order chi connectivity index (χ0) is 13.7. The summed E-state index contributed by atoms with van der Waals surface area (Å²) in [5.41, 5.74) is 5.34. The molecule has 1 heterocycles. The van der Waals surface area contributed by atoms with E-state index in [0.717, 1.165) is 22.6 Å².